The van der Waals surface area contributed by atoms with Gasteiger partial charge in [0.1, 0.15) is 0 Å². The van der Waals surface area contributed by atoms with Crippen molar-refractivity contribution in [2.75, 3.05) is 6.61 Å². The molecule has 25 heavy (non-hydrogen) atoms. The molecule has 4 heteroatoms. The Balaban J connectivity index is 3.34. The number of aliphatic hydroxyl groups excluding tert-OH is 1. The van der Waals surface area contributed by atoms with Crippen LogP contribution in [0.2, 0.25) is 0 Å². The molecule has 0 aliphatic rings. The summed E-state index contributed by atoms with van der Waals surface area (Å²) in [5, 5.41) is 11.7. The van der Waals surface area contributed by atoms with Gasteiger partial charge in [-0.2, -0.15) is 0 Å². The Morgan fingerprint density at radius 1 is 0.880 bits per heavy atom. The van der Waals surface area contributed by atoms with E-state index in [1.807, 2.05) is 0 Å². The number of carbonyl (C=O) groups excluding carboxylic acids is 1. The number of rotatable bonds is 18. The fourth-order valence-electron chi connectivity index (χ4n) is 3.11. The second-order valence-electron chi connectivity index (χ2n) is 7.09. The molecule has 1 atom stereocenters. The predicted molar refractivity (Wildman–Crippen MR) is 108 cm³/mol. The number of nitrogens with one attached hydrogen (secondary N) is 1. The second-order valence-corrected chi connectivity index (χ2v) is 7.09. The normalized spacial score (nSPS) is 12.6. The first kappa shape index (κ1) is 24.0. The van der Waals surface area contributed by atoms with E-state index in [0.717, 1.165) is 12.8 Å². The minimum absolute atomic E-state index is 0.0207. The van der Waals surface area contributed by atoms with E-state index in [9.17, 15) is 4.79 Å². The molecule has 0 saturated heterocycles. The summed E-state index contributed by atoms with van der Waals surface area (Å²) in [5.41, 5.74) is 5.14. The number of primary amides is 1. The Morgan fingerprint density at radius 3 is 1.92 bits per heavy atom. The van der Waals surface area contributed by atoms with Crippen LogP contribution in [0.4, 0.5) is 4.79 Å². The van der Waals surface area contributed by atoms with Gasteiger partial charge in [0.2, 0.25) is 0 Å². The fourth-order valence-corrected chi connectivity index (χ4v) is 3.11. The van der Waals surface area contributed by atoms with Crippen LogP contribution in [0.25, 0.3) is 0 Å². The van der Waals surface area contributed by atoms with Gasteiger partial charge in [0.25, 0.3) is 0 Å². The van der Waals surface area contributed by atoms with E-state index in [1.165, 1.54) is 77.0 Å². The van der Waals surface area contributed by atoms with Crippen LogP contribution >= 0.6 is 0 Å². The van der Waals surface area contributed by atoms with E-state index in [1.54, 1.807) is 0 Å². The zero-order chi connectivity index (χ0) is 18.6. The summed E-state index contributed by atoms with van der Waals surface area (Å²) in [7, 11) is 0. The minimum Gasteiger partial charge on any atom is -0.396 e. The van der Waals surface area contributed by atoms with Gasteiger partial charge in [-0.25, -0.2) is 4.79 Å². The SMILES string of the molecule is CCCCCCCCC=CCCCCCCCC(CCO)NC(N)=O. The zero-order valence-corrected chi connectivity index (χ0v) is 16.5. The Kier molecular flexibility index (Phi) is 18.5. The number of amides is 2. The molecule has 2 amide bonds. The Hall–Kier alpha value is -1.03. The molecule has 0 aliphatic heterocycles. The van der Waals surface area contributed by atoms with E-state index < -0.39 is 6.03 Å². The average molecular weight is 355 g/mol. The lowest BCUT2D eigenvalue weighted by Gasteiger charge is -2.15. The molecule has 1 unspecified atom stereocenters. The molecular weight excluding hydrogens is 312 g/mol. The lowest BCUT2D eigenvalue weighted by molar-refractivity contribution is 0.233. The molecule has 0 aromatic carbocycles. The monoisotopic (exact) mass is 354 g/mol. The van der Waals surface area contributed by atoms with Crippen LogP contribution in [0.15, 0.2) is 12.2 Å². The first-order valence-electron chi connectivity index (χ1n) is 10.5. The number of hydrogen-bond acceptors (Lipinski definition) is 2. The summed E-state index contributed by atoms with van der Waals surface area (Å²) in [5.74, 6) is 0. The summed E-state index contributed by atoms with van der Waals surface area (Å²) in [6, 6.07) is -0.474. The lowest BCUT2D eigenvalue weighted by Crippen LogP contribution is -2.39. The Bertz CT molecular complexity index is 319. The first-order valence-corrected chi connectivity index (χ1v) is 10.5. The highest BCUT2D eigenvalue weighted by molar-refractivity contribution is 5.71. The van der Waals surface area contributed by atoms with Gasteiger partial charge in [0.05, 0.1) is 0 Å². The molecule has 0 saturated carbocycles. The van der Waals surface area contributed by atoms with Gasteiger partial charge in [-0.15, -0.1) is 0 Å². The number of hydrogen-bond donors (Lipinski definition) is 3. The zero-order valence-electron chi connectivity index (χ0n) is 16.5. The third kappa shape index (κ3) is 19.1. The maximum absolute atomic E-state index is 10.9. The van der Waals surface area contributed by atoms with E-state index in [0.29, 0.717) is 6.42 Å². The highest BCUT2D eigenvalue weighted by atomic mass is 16.3. The predicted octanol–water partition coefficient (Wildman–Crippen LogP) is 5.44. The van der Waals surface area contributed by atoms with E-state index in [2.05, 4.69) is 24.4 Å². The van der Waals surface area contributed by atoms with Crippen LogP contribution in [-0.2, 0) is 0 Å². The van der Waals surface area contributed by atoms with Crippen LogP contribution in [0, 0.1) is 0 Å². The number of nitrogens with two attached hydrogens (primary N) is 1. The van der Waals surface area contributed by atoms with Crippen LogP contribution < -0.4 is 11.1 Å². The quantitative estimate of drug-likeness (QED) is 0.226. The van der Waals surface area contributed by atoms with E-state index >= 15 is 0 Å². The fraction of sp³-hybridized carbons (Fsp3) is 0.857. The Labute approximate surface area is 155 Å². The maximum Gasteiger partial charge on any atom is 0.312 e. The van der Waals surface area contributed by atoms with Crippen molar-refractivity contribution in [2.24, 2.45) is 5.73 Å². The Morgan fingerprint density at radius 2 is 1.40 bits per heavy atom. The van der Waals surface area contributed by atoms with Crippen molar-refractivity contribution in [3.8, 4) is 0 Å². The van der Waals surface area contributed by atoms with Crippen LogP contribution in [-0.4, -0.2) is 23.8 Å². The topological polar surface area (TPSA) is 75.3 Å². The van der Waals surface area contributed by atoms with Crippen molar-refractivity contribution < 1.29 is 9.90 Å². The molecule has 0 aliphatic carbocycles. The minimum atomic E-state index is -0.494. The lowest BCUT2D eigenvalue weighted by atomic mass is 10.0. The molecule has 0 bridgehead atoms. The van der Waals surface area contributed by atoms with Gasteiger partial charge in [0, 0.05) is 12.6 Å². The van der Waals surface area contributed by atoms with Gasteiger partial charge < -0.3 is 16.2 Å². The number of carbonyl (C=O) groups is 1. The number of unbranched alkanes of at least 4 members (excludes halogenated alkanes) is 11. The molecule has 0 heterocycles. The van der Waals surface area contributed by atoms with Crippen molar-refractivity contribution >= 4 is 6.03 Å². The molecule has 0 spiro atoms. The third-order valence-corrected chi connectivity index (χ3v) is 4.64. The third-order valence-electron chi connectivity index (χ3n) is 4.64. The summed E-state index contributed by atoms with van der Waals surface area (Å²) in [6.07, 6.45) is 22.9. The van der Waals surface area contributed by atoms with Crippen LogP contribution in [0.1, 0.15) is 103 Å². The van der Waals surface area contributed by atoms with E-state index in [4.69, 9.17) is 10.8 Å². The van der Waals surface area contributed by atoms with Crippen molar-refractivity contribution in [3.05, 3.63) is 12.2 Å². The van der Waals surface area contributed by atoms with Crippen LogP contribution in [0.5, 0.6) is 0 Å². The van der Waals surface area contributed by atoms with Crippen molar-refractivity contribution in [1.82, 2.24) is 5.32 Å². The smallest absolute Gasteiger partial charge is 0.312 e. The van der Waals surface area contributed by atoms with Gasteiger partial charge in [-0.05, 0) is 38.5 Å². The van der Waals surface area contributed by atoms with Crippen molar-refractivity contribution in [1.29, 1.82) is 0 Å². The van der Waals surface area contributed by atoms with Gasteiger partial charge in [-0.3, -0.25) is 0 Å². The van der Waals surface area contributed by atoms with Crippen molar-refractivity contribution in [3.63, 3.8) is 0 Å². The molecule has 0 rings (SSSR count). The van der Waals surface area contributed by atoms with E-state index in [-0.39, 0.29) is 12.6 Å². The van der Waals surface area contributed by atoms with Gasteiger partial charge >= 0.3 is 6.03 Å². The first-order chi connectivity index (χ1) is 12.2. The van der Waals surface area contributed by atoms with Crippen molar-refractivity contribution in [2.45, 2.75) is 109 Å². The molecular formula is C21H42N2O2. The average Bonchev–Trinajstić information content (AvgIpc) is 2.58. The van der Waals surface area contributed by atoms with Crippen LogP contribution in [0.3, 0.4) is 0 Å². The molecule has 0 aromatic rings. The summed E-state index contributed by atoms with van der Waals surface area (Å²) in [6.45, 7) is 2.36. The highest BCUT2D eigenvalue weighted by Crippen LogP contribution is 2.11. The number of urea groups is 1. The molecule has 148 valence electrons. The summed E-state index contributed by atoms with van der Waals surface area (Å²) in [4.78, 5) is 10.9. The summed E-state index contributed by atoms with van der Waals surface area (Å²) >= 11 is 0. The largest absolute Gasteiger partial charge is 0.396 e. The molecule has 0 radical (unpaired) electrons. The molecule has 0 aromatic heterocycles. The molecule has 4 nitrogen and oxygen atoms in total. The number of allylic oxidation sites excluding steroid dienone is 2. The van der Waals surface area contributed by atoms with Gasteiger partial charge in [0.15, 0.2) is 0 Å². The standard InChI is InChI=1S/C21H42N2O2/c1-2-3-4-5-6-7-8-9-10-11-12-13-14-15-16-17-20(18-19-24)23-21(22)25/h9-10,20,24H,2-8,11-19H2,1H3,(H3,22,23,25). The number of aliphatic hydroxyl groups is 1. The summed E-state index contributed by atoms with van der Waals surface area (Å²) < 4.78 is 0. The second kappa shape index (κ2) is 19.3. The molecule has 4 N–H and O–H groups in total. The molecule has 0 fully saturated rings. The maximum atomic E-state index is 10.9. The van der Waals surface area contributed by atoms with Gasteiger partial charge in [-0.1, -0.05) is 76.9 Å². The highest BCUT2D eigenvalue weighted by Gasteiger charge is 2.08.